The van der Waals surface area contributed by atoms with Crippen LogP contribution < -0.4 is 5.73 Å². The van der Waals surface area contributed by atoms with Crippen LogP contribution in [-0.4, -0.2) is 41.3 Å². The lowest BCUT2D eigenvalue weighted by Gasteiger charge is -2.27. The minimum absolute atomic E-state index is 0.360. The van der Waals surface area contributed by atoms with E-state index in [4.69, 9.17) is 5.73 Å². The molecule has 1 saturated carbocycles. The van der Waals surface area contributed by atoms with Crippen LogP contribution >= 0.6 is 0 Å². The Kier molecular flexibility index (Phi) is 5.03. The molecule has 3 N–H and O–H groups in total. The zero-order chi connectivity index (χ0) is 11.3. The molecule has 0 radical (unpaired) electrons. The van der Waals surface area contributed by atoms with Gasteiger partial charge in [-0.3, -0.25) is 0 Å². The van der Waals surface area contributed by atoms with Gasteiger partial charge in [0.1, 0.15) is 0 Å². The molecule has 0 saturated heterocycles. The van der Waals surface area contributed by atoms with Gasteiger partial charge >= 0.3 is 0 Å². The Balaban J connectivity index is 2.25. The Morgan fingerprint density at radius 3 is 2.53 bits per heavy atom. The molecule has 1 rings (SSSR count). The van der Waals surface area contributed by atoms with Crippen LogP contribution in [0.15, 0.2) is 0 Å². The quantitative estimate of drug-likeness (QED) is 0.641. The smallest absolute Gasteiger partial charge is 0.0753 e. The van der Waals surface area contributed by atoms with Gasteiger partial charge in [0, 0.05) is 19.1 Å². The second-order valence-electron chi connectivity index (χ2n) is 5.07. The van der Waals surface area contributed by atoms with Crippen LogP contribution in [0.2, 0.25) is 0 Å². The Labute approximate surface area is 93.6 Å². The third kappa shape index (κ3) is 4.96. The molecule has 1 atom stereocenters. The molecule has 1 unspecified atom stereocenters. The predicted molar refractivity (Wildman–Crippen MR) is 63.8 cm³/mol. The number of unbranched alkanes of at least 4 members (excludes halogenated alkanes) is 1. The van der Waals surface area contributed by atoms with E-state index in [-0.39, 0.29) is 0 Å². The molecule has 15 heavy (non-hydrogen) atoms. The van der Waals surface area contributed by atoms with E-state index in [0.29, 0.717) is 6.54 Å². The van der Waals surface area contributed by atoms with Crippen LogP contribution in [0.3, 0.4) is 0 Å². The van der Waals surface area contributed by atoms with Crippen molar-refractivity contribution >= 4 is 0 Å². The van der Waals surface area contributed by atoms with Gasteiger partial charge in [0.15, 0.2) is 0 Å². The van der Waals surface area contributed by atoms with Gasteiger partial charge in [-0.1, -0.05) is 13.3 Å². The van der Waals surface area contributed by atoms with Gasteiger partial charge in [0.05, 0.1) is 5.60 Å². The molecule has 0 spiro atoms. The van der Waals surface area contributed by atoms with E-state index in [1.807, 2.05) is 6.92 Å². The number of nitrogens with zero attached hydrogens (tertiary/aromatic N) is 1. The van der Waals surface area contributed by atoms with Gasteiger partial charge in [0.2, 0.25) is 0 Å². The fourth-order valence-electron chi connectivity index (χ4n) is 1.76. The highest BCUT2D eigenvalue weighted by Crippen LogP contribution is 2.27. The number of hydrogen-bond acceptors (Lipinski definition) is 3. The third-order valence-electron chi connectivity index (χ3n) is 3.24. The van der Waals surface area contributed by atoms with E-state index in [0.717, 1.165) is 19.0 Å². The fraction of sp³-hybridized carbons (Fsp3) is 1.00. The summed E-state index contributed by atoms with van der Waals surface area (Å²) in [6, 6.07) is 0.796. The highest BCUT2D eigenvalue weighted by atomic mass is 16.3. The van der Waals surface area contributed by atoms with Gasteiger partial charge in [0.25, 0.3) is 0 Å². The average Bonchev–Trinajstić information content (AvgIpc) is 3.02. The summed E-state index contributed by atoms with van der Waals surface area (Å²) in [4.78, 5) is 2.52. The summed E-state index contributed by atoms with van der Waals surface area (Å²) in [5.41, 5.74) is 4.83. The van der Waals surface area contributed by atoms with Crippen molar-refractivity contribution in [3.05, 3.63) is 0 Å². The first kappa shape index (κ1) is 12.9. The minimum Gasteiger partial charge on any atom is -0.389 e. The summed E-state index contributed by atoms with van der Waals surface area (Å²) in [5.74, 6) is 0. The van der Waals surface area contributed by atoms with Crippen molar-refractivity contribution in [1.82, 2.24) is 4.90 Å². The molecule has 1 aliphatic rings. The lowest BCUT2D eigenvalue weighted by Crippen LogP contribution is -2.39. The highest BCUT2D eigenvalue weighted by molar-refractivity contribution is 4.86. The minimum atomic E-state index is -0.681. The topological polar surface area (TPSA) is 49.5 Å². The molecule has 3 nitrogen and oxygen atoms in total. The molecule has 0 aromatic rings. The Bertz CT molecular complexity index is 178. The molecule has 0 aromatic heterocycles. The van der Waals surface area contributed by atoms with Crippen molar-refractivity contribution in [2.75, 3.05) is 19.6 Å². The first-order chi connectivity index (χ1) is 7.09. The molecule has 1 aliphatic carbocycles. The molecule has 0 amide bonds. The standard InChI is InChI=1S/C12H26N2O/c1-3-4-8-14(11-5-6-11)9-7-12(2,15)10-13/h11,15H,3-10,13H2,1-2H3. The first-order valence-corrected chi connectivity index (χ1v) is 6.25. The van der Waals surface area contributed by atoms with Crippen molar-refractivity contribution in [3.63, 3.8) is 0 Å². The summed E-state index contributed by atoms with van der Waals surface area (Å²) in [6.45, 7) is 6.59. The first-order valence-electron chi connectivity index (χ1n) is 6.25. The predicted octanol–water partition coefficient (Wildman–Crippen LogP) is 1.35. The fourth-order valence-corrected chi connectivity index (χ4v) is 1.76. The summed E-state index contributed by atoms with van der Waals surface area (Å²) in [5, 5.41) is 9.85. The molecule has 1 fully saturated rings. The number of nitrogens with two attached hydrogens (primary N) is 1. The van der Waals surface area contributed by atoms with Gasteiger partial charge in [-0.05, 0) is 39.2 Å². The van der Waals surface area contributed by atoms with Crippen molar-refractivity contribution in [3.8, 4) is 0 Å². The van der Waals surface area contributed by atoms with E-state index >= 15 is 0 Å². The Morgan fingerprint density at radius 1 is 1.40 bits per heavy atom. The largest absolute Gasteiger partial charge is 0.389 e. The third-order valence-corrected chi connectivity index (χ3v) is 3.24. The lowest BCUT2D eigenvalue weighted by molar-refractivity contribution is 0.0464. The summed E-state index contributed by atoms with van der Waals surface area (Å²) >= 11 is 0. The maximum Gasteiger partial charge on any atom is 0.0753 e. The van der Waals surface area contributed by atoms with Crippen molar-refractivity contribution in [2.45, 2.75) is 57.6 Å². The molecular weight excluding hydrogens is 188 g/mol. The molecular formula is C12H26N2O. The summed E-state index contributed by atoms with van der Waals surface area (Å²) in [6.07, 6.45) is 5.99. The van der Waals surface area contributed by atoms with Crippen LogP contribution in [-0.2, 0) is 0 Å². The van der Waals surface area contributed by atoms with Crippen molar-refractivity contribution < 1.29 is 5.11 Å². The van der Waals surface area contributed by atoms with E-state index in [1.165, 1.54) is 32.2 Å². The van der Waals surface area contributed by atoms with Gasteiger partial charge < -0.3 is 15.7 Å². The number of hydrogen-bond donors (Lipinski definition) is 2. The number of aliphatic hydroxyl groups is 1. The van der Waals surface area contributed by atoms with Gasteiger partial charge in [-0.15, -0.1) is 0 Å². The second-order valence-corrected chi connectivity index (χ2v) is 5.07. The van der Waals surface area contributed by atoms with E-state index < -0.39 is 5.60 Å². The monoisotopic (exact) mass is 214 g/mol. The summed E-state index contributed by atoms with van der Waals surface area (Å²) in [7, 11) is 0. The zero-order valence-electron chi connectivity index (χ0n) is 10.2. The maximum absolute atomic E-state index is 9.85. The molecule has 90 valence electrons. The zero-order valence-corrected chi connectivity index (χ0v) is 10.2. The van der Waals surface area contributed by atoms with E-state index in [1.54, 1.807) is 0 Å². The van der Waals surface area contributed by atoms with Crippen molar-refractivity contribution in [1.29, 1.82) is 0 Å². The molecule has 0 aliphatic heterocycles. The Hall–Kier alpha value is -0.120. The lowest BCUT2D eigenvalue weighted by atomic mass is 10.0. The summed E-state index contributed by atoms with van der Waals surface area (Å²) < 4.78 is 0. The SMILES string of the molecule is CCCCN(CCC(C)(O)CN)C1CC1. The Morgan fingerprint density at radius 2 is 2.07 bits per heavy atom. The molecule has 0 bridgehead atoms. The van der Waals surface area contributed by atoms with E-state index in [9.17, 15) is 5.11 Å². The second kappa shape index (κ2) is 5.83. The number of rotatable bonds is 8. The van der Waals surface area contributed by atoms with Crippen LogP contribution in [0.4, 0.5) is 0 Å². The molecule has 0 heterocycles. The van der Waals surface area contributed by atoms with Crippen LogP contribution in [0.25, 0.3) is 0 Å². The van der Waals surface area contributed by atoms with E-state index in [2.05, 4.69) is 11.8 Å². The van der Waals surface area contributed by atoms with Gasteiger partial charge in [-0.25, -0.2) is 0 Å². The van der Waals surface area contributed by atoms with Gasteiger partial charge in [-0.2, -0.15) is 0 Å². The molecule has 0 aromatic carbocycles. The molecule has 3 heteroatoms. The maximum atomic E-state index is 9.85. The normalized spacial score (nSPS) is 20.6. The average molecular weight is 214 g/mol. The highest BCUT2D eigenvalue weighted by Gasteiger charge is 2.29. The van der Waals surface area contributed by atoms with Crippen LogP contribution in [0, 0.1) is 0 Å². The van der Waals surface area contributed by atoms with Crippen LogP contribution in [0.1, 0.15) is 46.0 Å². The van der Waals surface area contributed by atoms with Crippen LogP contribution in [0.5, 0.6) is 0 Å². The van der Waals surface area contributed by atoms with Crippen molar-refractivity contribution in [2.24, 2.45) is 5.73 Å².